The summed E-state index contributed by atoms with van der Waals surface area (Å²) >= 11 is 0. The maximum absolute atomic E-state index is 13.7. The molecule has 5 heteroatoms. The van der Waals surface area contributed by atoms with Crippen LogP contribution in [0.25, 0.3) is 0 Å². The van der Waals surface area contributed by atoms with Crippen LogP contribution in [0.15, 0.2) is 24.3 Å². The number of likely N-dealkylation sites (tertiary alicyclic amines) is 2. The van der Waals surface area contributed by atoms with E-state index in [1.165, 1.54) is 18.9 Å². The van der Waals surface area contributed by atoms with Gasteiger partial charge in [0, 0.05) is 25.6 Å². The lowest BCUT2D eigenvalue weighted by molar-refractivity contribution is -0.142. The van der Waals surface area contributed by atoms with Crippen LogP contribution in [0.1, 0.15) is 38.2 Å². The van der Waals surface area contributed by atoms with Gasteiger partial charge in [-0.2, -0.15) is 0 Å². The Morgan fingerprint density at radius 2 is 2.04 bits per heavy atom. The van der Waals surface area contributed by atoms with Crippen molar-refractivity contribution < 1.29 is 14.3 Å². The minimum atomic E-state index is -0.787. The molecule has 3 unspecified atom stereocenters. The lowest BCUT2D eigenvalue weighted by Gasteiger charge is -2.33. The van der Waals surface area contributed by atoms with E-state index in [1.807, 2.05) is 11.0 Å². The smallest absolute Gasteiger partial charge is 0.320 e. The van der Waals surface area contributed by atoms with Gasteiger partial charge in [-0.05, 0) is 62.4 Å². The monoisotopic (exact) mass is 348 g/mol. The van der Waals surface area contributed by atoms with Crippen LogP contribution in [-0.2, 0) is 4.79 Å². The van der Waals surface area contributed by atoms with Crippen molar-refractivity contribution in [1.29, 1.82) is 0 Å². The first kappa shape index (κ1) is 18.3. The first-order valence-electron chi connectivity index (χ1n) is 9.38. The molecule has 3 atom stereocenters. The lowest BCUT2D eigenvalue weighted by Crippen LogP contribution is -2.40. The predicted molar refractivity (Wildman–Crippen MR) is 96.1 cm³/mol. The van der Waals surface area contributed by atoms with Gasteiger partial charge in [0.1, 0.15) is 11.9 Å². The van der Waals surface area contributed by atoms with E-state index in [0.717, 1.165) is 37.7 Å². The number of halogens is 1. The fourth-order valence-electron chi connectivity index (χ4n) is 4.25. The lowest BCUT2D eigenvalue weighted by atomic mass is 9.87. The first-order chi connectivity index (χ1) is 11.9. The minimum absolute atomic E-state index is 0.192. The van der Waals surface area contributed by atoms with Gasteiger partial charge in [-0.15, -0.1) is 0 Å². The first-order valence-corrected chi connectivity index (χ1v) is 9.38. The fraction of sp³-hybridized carbons (Fsp3) is 0.650. The molecule has 0 amide bonds. The standard InChI is InChI=1S/C20H29FN2O2/c1-14-6-8-22(9-7-14)11-17-12-23(15(2)20(24)25)13-19(17)16-4-3-5-18(21)10-16/h3-5,10,14-15,17,19H,6-9,11-13H2,1-2H3,(H,24,25). The molecule has 0 spiro atoms. The van der Waals surface area contributed by atoms with E-state index < -0.39 is 12.0 Å². The molecule has 0 radical (unpaired) electrons. The molecule has 3 rings (SSSR count). The summed E-state index contributed by atoms with van der Waals surface area (Å²) in [5.41, 5.74) is 0.996. The quantitative estimate of drug-likeness (QED) is 0.888. The molecular weight excluding hydrogens is 319 g/mol. The maximum atomic E-state index is 13.7. The number of aliphatic carboxylic acids is 1. The average Bonchev–Trinajstić information content (AvgIpc) is 3.00. The molecule has 1 aromatic carbocycles. The molecular formula is C20H29FN2O2. The van der Waals surface area contributed by atoms with Gasteiger partial charge in [0.25, 0.3) is 0 Å². The van der Waals surface area contributed by atoms with Crippen LogP contribution < -0.4 is 0 Å². The van der Waals surface area contributed by atoms with E-state index >= 15 is 0 Å². The number of rotatable bonds is 5. The number of carboxylic acids is 1. The Morgan fingerprint density at radius 1 is 1.32 bits per heavy atom. The molecule has 0 aliphatic carbocycles. The van der Waals surface area contributed by atoms with Crippen LogP contribution in [0.5, 0.6) is 0 Å². The second-order valence-electron chi connectivity index (χ2n) is 7.87. The molecule has 138 valence electrons. The Balaban J connectivity index is 1.75. The zero-order chi connectivity index (χ0) is 18.0. The summed E-state index contributed by atoms with van der Waals surface area (Å²) in [7, 11) is 0. The topological polar surface area (TPSA) is 43.8 Å². The summed E-state index contributed by atoms with van der Waals surface area (Å²) in [6.45, 7) is 8.70. The van der Waals surface area contributed by atoms with Crippen LogP contribution in [-0.4, -0.2) is 59.6 Å². The molecule has 1 N–H and O–H groups in total. The predicted octanol–water partition coefficient (Wildman–Crippen LogP) is 3.05. The second kappa shape index (κ2) is 7.83. The van der Waals surface area contributed by atoms with Crippen molar-refractivity contribution in [3.63, 3.8) is 0 Å². The summed E-state index contributed by atoms with van der Waals surface area (Å²) in [4.78, 5) is 15.9. The molecule has 0 aromatic heterocycles. The Bertz CT molecular complexity index is 601. The molecule has 2 fully saturated rings. The number of carboxylic acid groups (broad SMARTS) is 1. The van der Waals surface area contributed by atoms with Crippen LogP contribution in [0.3, 0.4) is 0 Å². The second-order valence-corrected chi connectivity index (χ2v) is 7.87. The summed E-state index contributed by atoms with van der Waals surface area (Å²) in [6, 6.07) is 6.33. The Morgan fingerprint density at radius 3 is 2.68 bits per heavy atom. The van der Waals surface area contributed by atoms with Crippen molar-refractivity contribution in [3.8, 4) is 0 Å². The highest BCUT2D eigenvalue weighted by molar-refractivity contribution is 5.73. The highest BCUT2D eigenvalue weighted by Crippen LogP contribution is 2.35. The van der Waals surface area contributed by atoms with Gasteiger partial charge in [0.05, 0.1) is 0 Å². The van der Waals surface area contributed by atoms with Gasteiger partial charge in [-0.3, -0.25) is 9.69 Å². The third kappa shape index (κ3) is 4.39. The third-order valence-electron chi connectivity index (χ3n) is 6.02. The highest BCUT2D eigenvalue weighted by Gasteiger charge is 2.38. The van der Waals surface area contributed by atoms with E-state index in [2.05, 4.69) is 11.8 Å². The number of piperidine rings is 1. The van der Waals surface area contributed by atoms with Crippen molar-refractivity contribution in [1.82, 2.24) is 9.80 Å². The van der Waals surface area contributed by atoms with Crippen molar-refractivity contribution in [2.45, 2.75) is 38.6 Å². The van der Waals surface area contributed by atoms with Gasteiger partial charge in [-0.25, -0.2) is 4.39 Å². The Kier molecular flexibility index (Phi) is 5.74. The Labute approximate surface area is 149 Å². The van der Waals surface area contributed by atoms with Gasteiger partial charge >= 0.3 is 5.97 Å². The van der Waals surface area contributed by atoms with Crippen LogP contribution in [0, 0.1) is 17.7 Å². The van der Waals surface area contributed by atoms with Crippen molar-refractivity contribution in [2.75, 3.05) is 32.7 Å². The fourth-order valence-corrected chi connectivity index (χ4v) is 4.25. The largest absolute Gasteiger partial charge is 0.480 e. The molecule has 4 nitrogen and oxygen atoms in total. The van der Waals surface area contributed by atoms with E-state index in [1.54, 1.807) is 19.1 Å². The van der Waals surface area contributed by atoms with Gasteiger partial charge in [0.15, 0.2) is 0 Å². The van der Waals surface area contributed by atoms with Crippen LogP contribution in [0.2, 0.25) is 0 Å². The zero-order valence-electron chi connectivity index (χ0n) is 15.2. The molecule has 2 heterocycles. The molecule has 2 saturated heterocycles. The van der Waals surface area contributed by atoms with E-state index in [0.29, 0.717) is 12.5 Å². The molecule has 0 bridgehead atoms. The summed E-state index contributed by atoms with van der Waals surface area (Å²) in [5.74, 6) is 0.328. The minimum Gasteiger partial charge on any atom is -0.480 e. The number of nitrogens with zero attached hydrogens (tertiary/aromatic N) is 2. The number of hydrogen-bond acceptors (Lipinski definition) is 3. The normalized spacial score (nSPS) is 27.5. The molecule has 0 saturated carbocycles. The third-order valence-corrected chi connectivity index (χ3v) is 6.02. The molecule has 25 heavy (non-hydrogen) atoms. The SMILES string of the molecule is CC1CCN(CC2CN(C(C)C(=O)O)CC2c2cccc(F)c2)CC1. The van der Waals surface area contributed by atoms with Crippen molar-refractivity contribution in [3.05, 3.63) is 35.6 Å². The van der Waals surface area contributed by atoms with Gasteiger partial charge < -0.3 is 10.0 Å². The summed E-state index contributed by atoms with van der Waals surface area (Å²) < 4.78 is 13.7. The number of carbonyl (C=O) groups is 1. The van der Waals surface area contributed by atoms with Gasteiger partial charge in [-0.1, -0.05) is 19.1 Å². The number of benzene rings is 1. The average molecular weight is 348 g/mol. The van der Waals surface area contributed by atoms with Crippen molar-refractivity contribution >= 4 is 5.97 Å². The summed E-state index contributed by atoms with van der Waals surface area (Å²) in [5, 5.41) is 9.37. The van der Waals surface area contributed by atoms with E-state index in [4.69, 9.17) is 0 Å². The zero-order valence-corrected chi connectivity index (χ0v) is 15.2. The van der Waals surface area contributed by atoms with Gasteiger partial charge in [0.2, 0.25) is 0 Å². The van der Waals surface area contributed by atoms with Crippen LogP contribution >= 0.6 is 0 Å². The summed E-state index contributed by atoms with van der Waals surface area (Å²) in [6.07, 6.45) is 2.46. The molecule has 2 aliphatic heterocycles. The van der Waals surface area contributed by atoms with Crippen LogP contribution in [0.4, 0.5) is 4.39 Å². The Hall–Kier alpha value is -1.46. The highest BCUT2D eigenvalue weighted by atomic mass is 19.1. The maximum Gasteiger partial charge on any atom is 0.320 e. The molecule has 2 aliphatic rings. The molecule has 1 aromatic rings. The van der Waals surface area contributed by atoms with E-state index in [-0.39, 0.29) is 11.7 Å². The number of hydrogen-bond donors (Lipinski definition) is 1. The van der Waals surface area contributed by atoms with E-state index in [9.17, 15) is 14.3 Å². The van der Waals surface area contributed by atoms with Crippen molar-refractivity contribution in [2.24, 2.45) is 11.8 Å².